The molecule has 0 unspecified atom stereocenters. The molecule has 0 fully saturated rings. The lowest BCUT2D eigenvalue weighted by Crippen LogP contribution is -2.04. The number of methoxy groups -OCH3 is 1. The van der Waals surface area contributed by atoms with Gasteiger partial charge in [0.2, 0.25) is 5.88 Å². The van der Waals surface area contributed by atoms with Crippen molar-refractivity contribution in [2.24, 2.45) is 7.05 Å². The molecule has 15 heavy (non-hydrogen) atoms. The van der Waals surface area contributed by atoms with Gasteiger partial charge in [0, 0.05) is 18.5 Å². The second-order valence-electron chi connectivity index (χ2n) is 3.16. The summed E-state index contributed by atoms with van der Waals surface area (Å²) in [5.74, 6) is -0.491. The molecule has 1 N–H and O–H groups in total. The van der Waals surface area contributed by atoms with Crippen LogP contribution in [0.25, 0.3) is 11.0 Å². The molecule has 0 atom stereocenters. The minimum Gasteiger partial charge on any atom is -0.481 e. The van der Waals surface area contributed by atoms with Gasteiger partial charge >= 0.3 is 5.97 Å². The third kappa shape index (κ3) is 1.41. The molecule has 2 rings (SSSR count). The Morgan fingerprint density at radius 1 is 1.53 bits per heavy atom. The van der Waals surface area contributed by atoms with Crippen LogP contribution in [-0.4, -0.2) is 27.7 Å². The molecule has 0 aliphatic heterocycles. The van der Waals surface area contributed by atoms with Crippen LogP contribution in [0.15, 0.2) is 18.2 Å². The summed E-state index contributed by atoms with van der Waals surface area (Å²) in [5.41, 5.74) is 0.817. The van der Waals surface area contributed by atoms with E-state index < -0.39 is 5.97 Å². The molecule has 0 spiro atoms. The Morgan fingerprint density at radius 3 is 2.87 bits per heavy atom. The Kier molecular flexibility index (Phi) is 2.07. The summed E-state index contributed by atoms with van der Waals surface area (Å²) in [4.78, 5) is 15.0. The Labute approximate surface area is 85.9 Å². The summed E-state index contributed by atoms with van der Waals surface area (Å²) in [7, 11) is 3.19. The van der Waals surface area contributed by atoms with Gasteiger partial charge in [0.15, 0.2) is 0 Å². The maximum absolute atomic E-state index is 10.9. The monoisotopic (exact) mass is 206 g/mol. The molecule has 0 aliphatic carbocycles. The van der Waals surface area contributed by atoms with E-state index in [9.17, 15) is 4.79 Å². The van der Waals surface area contributed by atoms with Crippen LogP contribution >= 0.6 is 0 Å². The van der Waals surface area contributed by atoms with E-state index in [1.54, 1.807) is 25.2 Å². The Balaban J connectivity index is 2.72. The Hall–Kier alpha value is -2.04. The lowest BCUT2D eigenvalue weighted by Gasteiger charge is -2.00. The summed E-state index contributed by atoms with van der Waals surface area (Å²) >= 11 is 0. The third-order valence-corrected chi connectivity index (χ3v) is 2.28. The molecule has 2 heterocycles. The first kappa shape index (κ1) is 9.51. The highest BCUT2D eigenvalue weighted by Crippen LogP contribution is 2.19. The van der Waals surface area contributed by atoms with Crippen LogP contribution in [-0.2, 0) is 7.05 Å². The number of hydrogen-bond acceptors (Lipinski definition) is 3. The van der Waals surface area contributed by atoms with Gasteiger partial charge in [0.05, 0.1) is 7.11 Å². The number of aryl methyl sites for hydroxylation is 1. The van der Waals surface area contributed by atoms with E-state index in [1.807, 2.05) is 0 Å². The van der Waals surface area contributed by atoms with Crippen LogP contribution in [0.2, 0.25) is 0 Å². The number of carboxylic acid groups (broad SMARTS) is 1. The average molecular weight is 206 g/mol. The molecule has 0 aromatic carbocycles. The molecular weight excluding hydrogens is 196 g/mol. The van der Waals surface area contributed by atoms with Crippen molar-refractivity contribution in [2.75, 3.05) is 7.11 Å². The van der Waals surface area contributed by atoms with E-state index in [0.29, 0.717) is 11.5 Å². The van der Waals surface area contributed by atoms with E-state index in [-0.39, 0.29) is 5.69 Å². The van der Waals surface area contributed by atoms with Gasteiger partial charge < -0.3 is 14.4 Å². The summed E-state index contributed by atoms with van der Waals surface area (Å²) < 4.78 is 6.50. The normalized spacial score (nSPS) is 10.5. The number of aromatic carboxylic acids is 1. The lowest BCUT2D eigenvalue weighted by molar-refractivity contribution is 0.0687. The molecule has 5 heteroatoms. The molecule has 0 aliphatic rings. The second-order valence-corrected chi connectivity index (χ2v) is 3.16. The van der Waals surface area contributed by atoms with Crippen molar-refractivity contribution in [1.82, 2.24) is 9.55 Å². The van der Waals surface area contributed by atoms with Gasteiger partial charge in [-0.15, -0.1) is 0 Å². The van der Waals surface area contributed by atoms with Crippen molar-refractivity contribution >= 4 is 17.0 Å². The summed E-state index contributed by atoms with van der Waals surface area (Å²) in [5, 5.41) is 9.70. The highest BCUT2D eigenvalue weighted by Gasteiger charge is 2.12. The number of nitrogens with zero attached hydrogens (tertiary/aromatic N) is 2. The Bertz CT molecular complexity index is 531. The fourth-order valence-corrected chi connectivity index (χ4v) is 1.50. The first-order valence-electron chi connectivity index (χ1n) is 4.37. The van der Waals surface area contributed by atoms with Gasteiger partial charge in [-0.3, -0.25) is 0 Å². The quantitative estimate of drug-likeness (QED) is 0.803. The van der Waals surface area contributed by atoms with Crippen molar-refractivity contribution < 1.29 is 14.6 Å². The van der Waals surface area contributed by atoms with Crippen molar-refractivity contribution in [3.05, 3.63) is 23.9 Å². The number of hydrogen-bond donors (Lipinski definition) is 1. The molecule has 0 amide bonds. The number of aromatic nitrogens is 2. The van der Waals surface area contributed by atoms with E-state index >= 15 is 0 Å². The first-order valence-corrected chi connectivity index (χ1v) is 4.37. The fourth-order valence-electron chi connectivity index (χ4n) is 1.50. The van der Waals surface area contributed by atoms with Gasteiger partial charge in [0.25, 0.3) is 0 Å². The zero-order chi connectivity index (χ0) is 11.0. The molecule has 2 aromatic rings. The average Bonchev–Trinajstić information content (AvgIpc) is 2.56. The fraction of sp³-hybridized carbons (Fsp3) is 0.200. The topological polar surface area (TPSA) is 64.3 Å². The molecule has 78 valence electrons. The summed E-state index contributed by atoms with van der Waals surface area (Å²) in [6, 6.07) is 5.08. The number of carbonyl (C=O) groups is 1. The maximum Gasteiger partial charge on any atom is 0.352 e. The van der Waals surface area contributed by atoms with Gasteiger partial charge in [-0.05, 0) is 12.1 Å². The molecule has 0 bridgehead atoms. The summed E-state index contributed by atoms with van der Waals surface area (Å²) in [6.45, 7) is 0. The molecule has 5 nitrogen and oxygen atoms in total. The number of ether oxygens (including phenoxy) is 1. The highest BCUT2D eigenvalue weighted by molar-refractivity contribution is 5.93. The van der Waals surface area contributed by atoms with Crippen molar-refractivity contribution in [3.63, 3.8) is 0 Å². The van der Waals surface area contributed by atoms with Gasteiger partial charge in [-0.2, -0.15) is 4.98 Å². The largest absolute Gasteiger partial charge is 0.481 e. The molecular formula is C10H10N2O3. The Morgan fingerprint density at radius 2 is 2.27 bits per heavy atom. The zero-order valence-electron chi connectivity index (χ0n) is 8.39. The highest BCUT2D eigenvalue weighted by atomic mass is 16.5. The number of carboxylic acids is 1. The van der Waals surface area contributed by atoms with E-state index in [0.717, 1.165) is 5.39 Å². The third-order valence-electron chi connectivity index (χ3n) is 2.28. The minimum absolute atomic E-state index is 0.214. The zero-order valence-corrected chi connectivity index (χ0v) is 8.39. The van der Waals surface area contributed by atoms with Crippen molar-refractivity contribution in [2.45, 2.75) is 0 Å². The lowest BCUT2D eigenvalue weighted by atomic mass is 10.3. The second kappa shape index (κ2) is 3.27. The first-order chi connectivity index (χ1) is 7.13. The van der Waals surface area contributed by atoms with Crippen LogP contribution in [0.3, 0.4) is 0 Å². The van der Waals surface area contributed by atoms with Crippen molar-refractivity contribution in [1.29, 1.82) is 0 Å². The summed E-state index contributed by atoms with van der Waals surface area (Å²) in [6.07, 6.45) is 0. The smallest absolute Gasteiger partial charge is 0.352 e. The van der Waals surface area contributed by atoms with Crippen LogP contribution in [0.1, 0.15) is 10.5 Å². The number of fused-ring (bicyclic) bond motifs is 1. The minimum atomic E-state index is -0.963. The number of rotatable bonds is 2. The van der Waals surface area contributed by atoms with Gasteiger partial charge in [-0.25, -0.2) is 4.79 Å². The van der Waals surface area contributed by atoms with Crippen LogP contribution < -0.4 is 4.74 Å². The number of pyridine rings is 1. The van der Waals surface area contributed by atoms with Crippen molar-refractivity contribution in [3.8, 4) is 5.88 Å². The van der Waals surface area contributed by atoms with Gasteiger partial charge in [0.1, 0.15) is 11.3 Å². The molecule has 0 saturated carbocycles. The van der Waals surface area contributed by atoms with E-state index in [1.165, 1.54) is 11.7 Å². The predicted molar refractivity (Wildman–Crippen MR) is 54.2 cm³/mol. The predicted octanol–water partition coefficient (Wildman–Crippen LogP) is 1.28. The van der Waals surface area contributed by atoms with E-state index in [2.05, 4.69) is 4.98 Å². The van der Waals surface area contributed by atoms with E-state index in [4.69, 9.17) is 9.84 Å². The van der Waals surface area contributed by atoms with Crippen LogP contribution in [0.4, 0.5) is 0 Å². The standard InChI is InChI=1S/C10H10N2O3/c1-12-7(10(13)14)5-6-3-4-8(15-2)11-9(6)12/h3-5H,1-2H3,(H,13,14). The maximum atomic E-state index is 10.9. The molecule has 2 aromatic heterocycles. The van der Waals surface area contributed by atoms with Crippen LogP contribution in [0.5, 0.6) is 5.88 Å². The molecule has 0 radical (unpaired) electrons. The van der Waals surface area contributed by atoms with Crippen LogP contribution in [0, 0.1) is 0 Å². The SMILES string of the molecule is COc1ccc2cc(C(=O)O)n(C)c2n1. The molecule has 0 saturated heterocycles. The van der Waals surface area contributed by atoms with Gasteiger partial charge in [-0.1, -0.05) is 0 Å².